The maximum Gasteiger partial charge on any atom is 0.272 e. The van der Waals surface area contributed by atoms with Crippen molar-refractivity contribution in [1.29, 1.82) is 0 Å². The van der Waals surface area contributed by atoms with Crippen molar-refractivity contribution in [2.75, 3.05) is 13.7 Å². The number of rotatable bonds is 4. The molecule has 0 fully saturated rings. The van der Waals surface area contributed by atoms with E-state index in [1.54, 1.807) is 6.07 Å². The Labute approximate surface area is 125 Å². The van der Waals surface area contributed by atoms with E-state index in [0.29, 0.717) is 17.1 Å². The van der Waals surface area contributed by atoms with Gasteiger partial charge in [0.05, 0.1) is 28.7 Å². The van der Waals surface area contributed by atoms with Gasteiger partial charge in [-0.3, -0.25) is 0 Å². The summed E-state index contributed by atoms with van der Waals surface area (Å²) in [6, 6.07) is 6.81. The maximum absolute atomic E-state index is 12.6. The molecular formula is C14H14F2N4S. The van der Waals surface area contributed by atoms with Crippen LogP contribution in [0.25, 0.3) is 10.6 Å². The molecule has 0 saturated heterocycles. The molecule has 0 radical (unpaired) electrons. The summed E-state index contributed by atoms with van der Waals surface area (Å²) in [7, 11) is 2.00. The fourth-order valence-corrected chi connectivity index (χ4v) is 2.91. The first-order chi connectivity index (χ1) is 10.1. The Balaban J connectivity index is 1.70. The summed E-state index contributed by atoms with van der Waals surface area (Å²) in [5.41, 5.74) is 1.48. The van der Waals surface area contributed by atoms with Gasteiger partial charge in [0.15, 0.2) is 0 Å². The fraction of sp³-hybridized carbons (Fsp3) is 0.286. The molecule has 0 atom stereocenters. The first-order valence-electron chi connectivity index (χ1n) is 6.45. The van der Waals surface area contributed by atoms with Crippen molar-refractivity contribution in [1.82, 2.24) is 20.0 Å². The van der Waals surface area contributed by atoms with Crippen molar-refractivity contribution in [3.8, 4) is 10.6 Å². The average Bonchev–Trinajstić information content (AvgIpc) is 3.09. The SMILES string of the molecule is CN1C=CN(Cc2ccc(-c3ccc(C(F)F)s3)nn2)C1. The first-order valence-corrected chi connectivity index (χ1v) is 7.27. The molecule has 1 aliphatic heterocycles. The van der Waals surface area contributed by atoms with Crippen molar-refractivity contribution in [2.24, 2.45) is 0 Å². The normalized spacial score (nSPS) is 14.5. The highest BCUT2D eigenvalue weighted by atomic mass is 32.1. The van der Waals surface area contributed by atoms with Crippen LogP contribution in [0.2, 0.25) is 0 Å². The summed E-state index contributed by atoms with van der Waals surface area (Å²) >= 11 is 1.05. The topological polar surface area (TPSA) is 32.3 Å². The monoisotopic (exact) mass is 308 g/mol. The van der Waals surface area contributed by atoms with Crippen molar-refractivity contribution in [2.45, 2.75) is 13.0 Å². The lowest BCUT2D eigenvalue weighted by Crippen LogP contribution is -2.22. The summed E-state index contributed by atoms with van der Waals surface area (Å²) in [6.07, 6.45) is 1.57. The van der Waals surface area contributed by atoms with E-state index in [0.717, 1.165) is 23.7 Å². The van der Waals surface area contributed by atoms with Crippen LogP contribution in [-0.2, 0) is 6.54 Å². The first kappa shape index (κ1) is 13.9. The zero-order chi connectivity index (χ0) is 14.8. The number of halogens is 2. The molecule has 3 heterocycles. The smallest absolute Gasteiger partial charge is 0.272 e. The molecule has 0 unspecified atom stereocenters. The van der Waals surface area contributed by atoms with Gasteiger partial charge in [-0.2, -0.15) is 5.10 Å². The van der Waals surface area contributed by atoms with Gasteiger partial charge in [-0.15, -0.1) is 16.4 Å². The van der Waals surface area contributed by atoms with Gasteiger partial charge < -0.3 is 9.80 Å². The van der Waals surface area contributed by atoms with E-state index in [1.807, 2.05) is 31.6 Å². The Morgan fingerprint density at radius 2 is 2.05 bits per heavy atom. The minimum atomic E-state index is -2.44. The number of thiophene rings is 1. The Morgan fingerprint density at radius 3 is 2.62 bits per heavy atom. The summed E-state index contributed by atoms with van der Waals surface area (Å²) < 4.78 is 25.2. The Bertz CT molecular complexity index is 639. The minimum absolute atomic E-state index is 0.0566. The molecule has 4 nitrogen and oxygen atoms in total. The van der Waals surface area contributed by atoms with E-state index in [9.17, 15) is 8.78 Å². The predicted molar refractivity (Wildman–Crippen MR) is 77.6 cm³/mol. The lowest BCUT2D eigenvalue weighted by molar-refractivity contribution is 0.155. The highest BCUT2D eigenvalue weighted by molar-refractivity contribution is 7.15. The van der Waals surface area contributed by atoms with Crippen LogP contribution >= 0.6 is 11.3 Å². The number of hydrogen-bond donors (Lipinski definition) is 0. The van der Waals surface area contributed by atoms with E-state index < -0.39 is 6.43 Å². The van der Waals surface area contributed by atoms with Gasteiger partial charge in [-0.25, -0.2) is 8.78 Å². The van der Waals surface area contributed by atoms with E-state index in [-0.39, 0.29) is 4.88 Å². The molecule has 2 aromatic heterocycles. The molecule has 0 spiro atoms. The van der Waals surface area contributed by atoms with E-state index in [4.69, 9.17) is 0 Å². The van der Waals surface area contributed by atoms with Crippen LogP contribution in [-0.4, -0.2) is 33.7 Å². The fourth-order valence-electron chi connectivity index (χ4n) is 2.08. The average molecular weight is 308 g/mol. The predicted octanol–water partition coefficient (Wildman–Crippen LogP) is 3.32. The van der Waals surface area contributed by atoms with Gasteiger partial charge in [-0.05, 0) is 24.3 Å². The molecule has 0 aliphatic carbocycles. The molecule has 1 aliphatic rings. The molecule has 0 bridgehead atoms. The maximum atomic E-state index is 12.6. The van der Waals surface area contributed by atoms with Crippen LogP contribution in [0.5, 0.6) is 0 Å². The summed E-state index contributed by atoms with van der Waals surface area (Å²) in [4.78, 5) is 4.95. The summed E-state index contributed by atoms with van der Waals surface area (Å²) in [5.74, 6) is 0. The highest BCUT2D eigenvalue weighted by Crippen LogP contribution is 2.32. The summed E-state index contributed by atoms with van der Waals surface area (Å²) in [5, 5.41) is 8.31. The quantitative estimate of drug-likeness (QED) is 0.867. The van der Waals surface area contributed by atoms with Crippen molar-refractivity contribution >= 4 is 11.3 Å². The van der Waals surface area contributed by atoms with Crippen LogP contribution in [0.3, 0.4) is 0 Å². The number of hydrogen-bond acceptors (Lipinski definition) is 5. The Kier molecular flexibility index (Phi) is 3.83. The van der Waals surface area contributed by atoms with Crippen molar-refractivity contribution in [3.63, 3.8) is 0 Å². The number of alkyl halides is 2. The Hall–Kier alpha value is -2.02. The van der Waals surface area contributed by atoms with Crippen LogP contribution in [0.1, 0.15) is 17.0 Å². The lowest BCUT2D eigenvalue weighted by Gasteiger charge is -2.17. The molecule has 0 amide bonds. The molecule has 3 rings (SSSR count). The number of nitrogens with zero attached hydrogens (tertiary/aromatic N) is 4. The number of aromatic nitrogens is 2. The molecular weight excluding hydrogens is 294 g/mol. The molecule has 110 valence electrons. The van der Waals surface area contributed by atoms with Gasteiger partial charge in [0.2, 0.25) is 0 Å². The van der Waals surface area contributed by atoms with E-state index >= 15 is 0 Å². The van der Waals surface area contributed by atoms with Crippen LogP contribution in [0.15, 0.2) is 36.7 Å². The molecule has 2 aromatic rings. The molecule has 21 heavy (non-hydrogen) atoms. The largest absolute Gasteiger partial charge is 0.362 e. The third-order valence-corrected chi connectivity index (χ3v) is 4.23. The second-order valence-electron chi connectivity index (χ2n) is 4.86. The van der Waals surface area contributed by atoms with Gasteiger partial charge in [0.1, 0.15) is 5.69 Å². The second kappa shape index (κ2) is 5.77. The zero-order valence-electron chi connectivity index (χ0n) is 11.4. The third kappa shape index (κ3) is 3.18. The third-order valence-electron chi connectivity index (χ3n) is 3.12. The molecule has 0 aromatic carbocycles. The van der Waals surface area contributed by atoms with Gasteiger partial charge >= 0.3 is 0 Å². The van der Waals surface area contributed by atoms with Gasteiger partial charge in [-0.1, -0.05) is 0 Å². The van der Waals surface area contributed by atoms with Crippen LogP contribution in [0.4, 0.5) is 8.78 Å². The second-order valence-corrected chi connectivity index (χ2v) is 5.97. The standard InChI is InChI=1S/C14H14F2N4S/c1-19-6-7-20(9-19)8-10-2-3-11(18-17-10)12-4-5-13(21-12)14(15)16/h2-7,14H,8-9H2,1H3. The van der Waals surface area contributed by atoms with E-state index in [1.165, 1.54) is 6.07 Å². The highest BCUT2D eigenvalue weighted by Gasteiger charge is 2.13. The van der Waals surface area contributed by atoms with Crippen LogP contribution < -0.4 is 0 Å². The zero-order valence-corrected chi connectivity index (χ0v) is 12.2. The van der Waals surface area contributed by atoms with Crippen LogP contribution in [0, 0.1) is 0 Å². The molecule has 0 N–H and O–H groups in total. The minimum Gasteiger partial charge on any atom is -0.362 e. The van der Waals surface area contributed by atoms with Gasteiger partial charge in [0.25, 0.3) is 6.43 Å². The van der Waals surface area contributed by atoms with Gasteiger partial charge in [0, 0.05) is 19.4 Å². The summed E-state index contributed by atoms with van der Waals surface area (Å²) in [6.45, 7) is 1.51. The Morgan fingerprint density at radius 1 is 1.19 bits per heavy atom. The van der Waals surface area contributed by atoms with E-state index in [2.05, 4.69) is 20.0 Å². The lowest BCUT2D eigenvalue weighted by atomic mass is 10.3. The molecule has 7 heteroatoms. The molecule has 0 saturated carbocycles. The van der Waals surface area contributed by atoms with Crippen molar-refractivity contribution in [3.05, 3.63) is 47.2 Å². The van der Waals surface area contributed by atoms with Crippen molar-refractivity contribution < 1.29 is 8.78 Å².